The van der Waals surface area contributed by atoms with Gasteiger partial charge in [0.05, 0.1) is 4.88 Å². The molecule has 4 nitrogen and oxygen atoms in total. The maximum atomic E-state index is 12.4. The molecule has 0 aliphatic heterocycles. The number of carbonyl (C=O) groups excluding carboxylic acids is 2. The number of benzene rings is 1. The lowest BCUT2D eigenvalue weighted by atomic mass is 10.1. The first-order valence-corrected chi connectivity index (χ1v) is 8.99. The molecule has 1 aromatic carbocycles. The fraction of sp³-hybridized carbons (Fsp3) is 0.368. The molecule has 0 bridgehead atoms. The number of carbonyl (C=O) groups is 2. The van der Waals surface area contributed by atoms with Gasteiger partial charge in [-0.2, -0.15) is 0 Å². The molecular formula is C19H22N2O2S. The van der Waals surface area contributed by atoms with Gasteiger partial charge in [-0.1, -0.05) is 6.07 Å². The number of fused-ring (bicyclic) bond motifs is 1. The lowest BCUT2D eigenvalue weighted by molar-refractivity contribution is 0.0918. The third-order valence-corrected chi connectivity index (χ3v) is 5.08. The first-order valence-electron chi connectivity index (χ1n) is 8.17. The number of amides is 2. The van der Waals surface area contributed by atoms with Crippen LogP contribution in [-0.4, -0.2) is 17.4 Å². The normalized spacial score (nSPS) is 13.5. The van der Waals surface area contributed by atoms with Crippen molar-refractivity contribution >= 4 is 28.8 Å². The van der Waals surface area contributed by atoms with E-state index in [2.05, 4.69) is 10.6 Å². The van der Waals surface area contributed by atoms with E-state index in [0.29, 0.717) is 11.3 Å². The van der Waals surface area contributed by atoms with Crippen molar-refractivity contribution in [2.24, 2.45) is 0 Å². The summed E-state index contributed by atoms with van der Waals surface area (Å²) in [6, 6.07) is 9.03. The van der Waals surface area contributed by atoms with Gasteiger partial charge in [0.1, 0.15) is 0 Å². The van der Waals surface area contributed by atoms with E-state index in [0.717, 1.165) is 17.7 Å². The van der Waals surface area contributed by atoms with Crippen molar-refractivity contribution in [3.63, 3.8) is 0 Å². The number of thiophene rings is 1. The minimum Gasteiger partial charge on any atom is -0.347 e. The summed E-state index contributed by atoms with van der Waals surface area (Å²) in [5, 5.41) is 5.82. The molecule has 1 heterocycles. The molecule has 24 heavy (non-hydrogen) atoms. The van der Waals surface area contributed by atoms with Gasteiger partial charge in [-0.05, 0) is 69.9 Å². The molecule has 0 fully saturated rings. The van der Waals surface area contributed by atoms with E-state index in [1.54, 1.807) is 35.6 Å². The van der Waals surface area contributed by atoms with Crippen molar-refractivity contribution in [2.45, 2.75) is 45.6 Å². The molecule has 1 aliphatic rings. The molecule has 1 aromatic heterocycles. The highest BCUT2D eigenvalue weighted by molar-refractivity contribution is 7.14. The van der Waals surface area contributed by atoms with Crippen molar-refractivity contribution in [1.29, 1.82) is 0 Å². The predicted molar refractivity (Wildman–Crippen MR) is 98.0 cm³/mol. The summed E-state index contributed by atoms with van der Waals surface area (Å²) in [7, 11) is 0. The van der Waals surface area contributed by atoms with Crippen molar-refractivity contribution in [1.82, 2.24) is 5.32 Å². The highest BCUT2D eigenvalue weighted by Crippen LogP contribution is 2.31. The summed E-state index contributed by atoms with van der Waals surface area (Å²) in [5.74, 6) is -0.253. The van der Waals surface area contributed by atoms with E-state index in [4.69, 9.17) is 0 Å². The van der Waals surface area contributed by atoms with Crippen LogP contribution in [0.2, 0.25) is 0 Å². The Balaban J connectivity index is 1.72. The first kappa shape index (κ1) is 16.7. The standard InChI is InChI=1S/C19H22N2O2S/c1-19(2,3)21-17(22)13-7-4-8-14(10-13)20-18(23)16-11-12-6-5-9-15(12)24-16/h4,7-8,10-11H,5-6,9H2,1-3H3,(H,20,23)(H,21,22). The van der Waals surface area contributed by atoms with Gasteiger partial charge in [-0.15, -0.1) is 11.3 Å². The Bertz CT molecular complexity index is 765. The van der Waals surface area contributed by atoms with Crippen LogP contribution in [0.4, 0.5) is 5.69 Å². The van der Waals surface area contributed by atoms with Crippen LogP contribution < -0.4 is 10.6 Å². The van der Waals surface area contributed by atoms with Gasteiger partial charge in [-0.25, -0.2) is 0 Å². The van der Waals surface area contributed by atoms with Gasteiger partial charge in [0.2, 0.25) is 0 Å². The largest absolute Gasteiger partial charge is 0.347 e. The molecule has 0 spiro atoms. The quantitative estimate of drug-likeness (QED) is 0.885. The third kappa shape index (κ3) is 3.85. The number of hydrogen-bond donors (Lipinski definition) is 2. The molecule has 3 rings (SSSR count). The summed E-state index contributed by atoms with van der Waals surface area (Å²) in [6.45, 7) is 5.81. The van der Waals surface area contributed by atoms with Crippen LogP contribution >= 0.6 is 11.3 Å². The number of nitrogens with one attached hydrogen (secondary N) is 2. The lowest BCUT2D eigenvalue weighted by Crippen LogP contribution is -2.40. The molecule has 126 valence electrons. The molecule has 5 heteroatoms. The van der Waals surface area contributed by atoms with Gasteiger partial charge in [0.25, 0.3) is 11.8 Å². The second-order valence-corrected chi connectivity index (χ2v) is 8.29. The molecule has 0 radical (unpaired) electrons. The van der Waals surface area contributed by atoms with Crippen molar-refractivity contribution in [3.05, 3.63) is 51.2 Å². The SMILES string of the molecule is CC(C)(C)NC(=O)c1cccc(NC(=O)c2cc3c(s2)CCC3)c1. The molecule has 0 unspecified atom stereocenters. The zero-order chi connectivity index (χ0) is 17.3. The van der Waals surface area contributed by atoms with Crippen LogP contribution in [0.3, 0.4) is 0 Å². The van der Waals surface area contributed by atoms with E-state index in [1.165, 1.54) is 16.9 Å². The fourth-order valence-corrected chi connectivity index (χ4v) is 3.93. The molecule has 2 amide bonds. The Morgan fingerprint density at radius 2 is 1.88 bits per heavy atom. The monoisotopic (exact) mass is 342 g/mol. The minimum atomic E-state index is -0.298. The summed E-state index contributed by atoms with van der Waals surface area (Å²) in [4.78, 5) is 26.7. The Kier molecular flexibility index (Phi) is 4.45. The molecule has 2 aromatic rings. The molecule has 0 saturated carbocycles. The lowest BCUT2D eigenvalue weighted by Gasteiger charge is -2.20. The molecule has 2 N–H and O–H groups in total. The number of hydrogen-bond acceptors (Lipinski definition) is 3. The molecular weight excluding hydrogens is 320 g/mol. The topological polar surface area (TPSA) is 58.2 Å². The van der Waals surface area contributed by atoms with Crippen molar-refractivity contribution < 1.29 is 9.59 Å². The van der Waals surface area contributed by atoms with E-state index >= 15 is 0 Å². The number of aryl methyl sites for hydroxylation is 2. The van der Waals surface area contributed by atoms with Crippen LogP contribution in [0, 0.1) is 0 Å². The first-order chi connectivity index (χ1) is 11.3. The van der Waals surface area contributed by atoms with Crippen LogP contribution in [0.25, 0.3) is 0 Å². The maximum Gasteiger partial charge on any atom is 0.265 e. The van der Waals surface area contributed by atoms with Gasteiger partial charge in [0, 0.05) is 21.7 Å². The molecule has 1 aliphatic carbocycles. The second kappa shape index (κ2) is 6.40. The van der Waals surface area contributed by atoms with E-state index in [9.17, 15) is 9.59 Å². The smallest absolute Gasteiger partial charge is 0.265 e. The summed E-state index contributed by atoms with van der Waals surface area (Å²) < 4.78 is 0. The summed E-state index contributed by atoms with van der Waals surface area (Å²) in [5.41, 5.74) is 2.18. The average molecular weight is 342 g/mol. The Labute approximate surface area is 146 Å². The van der Waals surface area contributed by atoms with Crippen molar-refractivity contribution in [2.75, 3.05) is 5.32 Å². The van der Waals surface area contributed by atoms with E-state index in [-0.39, 0.29) is 17.4 Å². The number of rotatable bonds is 3. The van der Waals surface area contributed by atoms with Crippen LogP contribution in [0.1, 0.15) is 57.7 Å². The zero-order valence-corrected chi connectivity index (χ0v) is 15.0. The number of anilines is 1. The Morgan fingerprint density at radius 1 is 1.08 bits per heavy atom. The van der Waals surface area contributed by atoms with Crippen LogP contribution in [0.15, 0.2) is 30.3 Å². The van der Waals surface area contributed by atoms with Crippen LogP contribution in [0.5, 0.6) is 0 Å². The van der Waals surface area contributed by atoms with E-state index < -0.39 is 0 Å². The molecule has 0 saturated heterocycles. The van der Waals surface area contributed by atoms with Crippen LogP contribution in [-0.2, 0) is 12.8 Å². The minimum absolute atomic E-state index is 0.109. The van der Waals surface area contributed by atoms with Gasteiger partial charge >= 0.3 is 0 Å². The maximum absolute atomic E-state index is 12.4. The second-order valence-electron chi connectivity index (χ2n) is 7.15. The summed E-state index contributed by atoms with van der Waals surface area (Å²) in [6.07, 6.45) is 3.34. The van der Waals surface area contributed by atoms with Gasteiger partial charge in [0.15, 0.2) is 0 Å². The van der Waals surface area contributed by atoms with Crippen molar-refractivity contribution in [3.8, 4) is 0 Å². The summed E-state index contributed by atoms with van der Waals surface area (Å²) >= 11 is 1.58. The highest BCUT2D eigenvalue weighted by atomic mass is 32.1. The third-order valence-electron chi connectivity index (χ3n) is 3.84. The molecule has 0 atom stereocenters. The Morgan fingerprint density at radius 3 is 2.58 bits per heavy atom. The van der Waals surface area contributed by atoms with Gasteiger partial charge in [-0.3, -0.25) is 9.59 Å². The predicted octanol–water partition coefficient (Wildman–Crippen LogP) is 4.02. The Hall–Kier alpha value is -2.14. The highest BCUT2D eigenvalue weighted by Gasteiger charge is 2.19. The van der Waals surface area contributed by atoms with Gasteiger partial charge < -0.3 is 10.6 Å². The fourth-order valence-electron chi connectivity index (χ4n) is 2.78. The average Bonchev–Trinajstić information content (AvgIpc) is 3.06. The van der Waals surface area contributed by atoms with E-state index in [1.807, 2.05) is 26.8 Å². The zero-order valence-electron chi connectivity index (χ0n) is 14.2.